The van der Waals surface area contributed by atoms with Gasteiger partial charge in [0.1, 0.15) is 0 Å². The van der Waals surface area contributed by atoms with Crippen LogP contribution >= 0.6 is 12.2 Å². The number of hydrogen-bond donors (Lipinski definition) is 3. The molecular formula is C19H20N6O4S3. The lowest BCUT2D eigenvalue weighted by molar-refractivity contribution is 0.521. The predicted octanol–water partition coefficient (Wildman–Crippen LogP) is 2.34. The van der Waals surface area contributed by atoms with Crippen LogP contribution in [0.5, 0.6) is 0 Å². The number of anilines is 3. The summed E-state index contributed by atoms with van der Waals surface area (Å²) in [6, 6.07) is 13.7. The highest BCUT2D eigenvalue weighted by molar-refractivity contribution is 7.92. The molecule has 0 fully saturated rings. The molecule has 3 N–H and O–H groups in total. The Balaban J connectivity index is 1.67. The Labute approximate surface area is 191 Å². The van der Waals surface area contributed by atoms with Gasteiger partial charge in [-0.3, -0.25) is 0 Å². The van der Waals surface area contributed by atoms with Gasteiger partial charge in [0.15, 0.2) is 5.11 Å². The van der Waals surface area contributed by atoms with E-state index in [1.807, 2.05) is 0 Å². The molecule has 0 atom stereocenters. The van der Waals surface area contributed by atoms with E-state index >= 15 is 0 Å². The second-order valence-corrected chi connectivity index (χ2v) is 10.8. The second-order valence-electron chi connectivity index (χ2n) is 6.60. The Kier molecular flexibility index (Phi) is 7.03. The summed E-state index contributed by atoms with van der Waals surface area (Å²) in [4.78, 5) is 7.82. The van der Waals surface area contributed by atoms with Crippen molar-refractivity contribution < 1.29 is 16.8 Å². The summed E-state index contributed by atoms with van der Waals surface area (Å²) in [6.45, 7) is 0. The summed E-state index contributed by atoms with van der Waals surface area (Å²) in [6.07, 6.45) is 2.86. The van der Waals surface area contributed by atoms with Gasteiger partial charge in [0, 0.05) is 37.9 Å². The van der Waals surface area contributed by atoms with Crippen LogP contribution in [0.2, 0.25) is 0 Å². The minimum Gasteiger partial charge on any atom is -0.332 e. The average molecular weight is 493 g/mol. The van der Waals surface area contributed by atoms with E-state index in [9.17, 15) is 16.8 Å². The van der Waals surface area contributed by atoms with E-state index < -0.39 is 20.0 Å². The highest BCUT2D eigenvalue weighted by atomic mass is 32.2. The number of aromatic nitrogens is 2. The molecule has 10 nitrogen and oxygen atoms in total. The van der Waals surface area contributed by atoms with Gasteiger partial charge >= 0.3 is 0 Å². The fraction of sp³-hybridized carbons (Fsp3) is 0.105. The summed E-state index contributed by atoms with van der Waals surface area (Å²) in [5, 5.41) is 6.03. The zero-order chi connectivity index (χ0) is 23.4. The van der Waals surface area contributed by atoms with Crippen LogP contribution in [-0.4, -0.2) is 50.3 Å². The Morgan fingerprint density at radius 1 is 0.844 bits per heavy atom. The number of benzene rings is 2. The van der Waals surface area contributed by atoms with Gasteiger partial charge in [-0.2, -0.15) is 0 Å². The van der Waals surface area contributed by atoms with Crippen molar-refractivity contribution in [1.82, 2.24) is 14.3 Å². The van der Waals surface area contributed by atoms with Crippen LogP contribution < -0.4 is 15.4 Å². The molecular weight excluding hydrogens is 472 g/mol. The first-order valence-corrected chi connectivity index (χ1v) is 12.4. The highest BCUT2D eigenvalue weighted by Gasteiger charge is 2.18. The summed E-state index contributed by atoms with van der Waals surface area (Å²) >= 11 is 5.27. The number of rotatable bonds is 7. The minimum atomic E-state index is -3.85. The average Bonchev–Trinajstić information content (AvgIpc) is 2.74. The zero-order valence-corrected chi connectivity index (χ0v) is 19.5. The summed E-state index contributed by atoms with van der Waals surface area (Å²) in [5.41, 5.74) is 1.02. The molecule has 0 unspecified atom stereocenters. The SMILES string of the molecule is CN(C)S(=O)(=O)c1cccc(NC(=S)Nc2ccc(S(=O)(=O)Nc3ncccn3)cc2)c1. The van der Waals surface area contributed by atoms with E-state index in [-0.39, 0.29) is 20.9 Å². The molecule has 13 heteroatoms. The molecule has 3 aromatic rings. The van der Waals surface area contributed by atoms with E-state index in [4.69, 9.17) is 12.2 Å². The third-order valence-electron chi connectivity index (χ3n) is 4.08. The molecule has 2 aromatic carbocycles. The van der Waals surface area contributed by atoms with Crippen molar-refractivity contribution in [3.05, 3.63) is 67.0 Å². The fourth-order valence-electron chi connectivity index (χ4n) is 2.49. The van der Waals surface area contributed by atoms with Gasteiger partial charge in [-0.25, -0.2) is 35.8 Å². The Hall–Kier alpha value is -3.13. The van der Waals surface area contributed by atoms with Crippen LogP contribution in [0.25, 0.3) is 0 Å². The molecule has 0 saturated carbocycles. The van der Waals surface area contributed by atoms with Gasteiger partial charge < -0.3 is 10.6 Å². The molecule has 0 aliphatic carbocycles. The first kappa shape index (κ1) is 23.5. The van der Waals surface area contributed by atoms with Crippen molar-refractivity contribution in [3.63, 3.8) is 0 Å². The molecule has 0 saturated heterocycles. The van der Waals surface area contributed by atoms with E-state index in [1.54, 1.807) is 30.3 Å². The van der Waals surface area contributed by atoms with Gasteiger partial charge in [-0.05, 0) is 60.7 Å². The maximum absolute atomic E-state index is 12.4. The lowest BCUT2D eigenvalue weighted by Crippen LogP contribution is -2.23. The monoisotopic (exact) mass is 492 g/mol. The van der Waals surface area contributed by atoms with Gasteiger partial charge in [-0.15, -0.1) is 0 Å². The minimum absolute atomic E-state index is 0.0240. The van der Waals surface area contributed by atoms with E-state index in [0.29, 0.717) is 11.4 Å². The third-order valence-corrected chi connectivity index (χ3v) is 7.44. The molecule has 32 heavy (non-hydrogen) atoms. The number of hydrogen-bond acceptors (Lipinski definition) is 7. The normalized spacial score (nSPS) is 11.7. The Bertz CT molecular complexity index is 1310. The molecule has 0 amide bonds. The predicted molar refractivity (Wildman–Crippen MR) is 126 cm³/mol. The summed E-state index contributed by atoms with van der Waals surface area (Å²) in [5.74, 6) is -0.0291. The first-order valence-electron chi connectivity index (χ1n) is 9.08. The molecule has 0 spiro atoms. The van der Waals surface area contributed by atoms with Gasteiger partial charge in [-0.1, -0.05) is 6.07 Å². The quantitative estimate of drug-likeness (QED) is 0.425. The van der Waals surface area contributed by atoms with Crippen LogP contribution in [0.1, 0.15) is 0 Å². The molecule has 1 aromatic heterocycles. The standard InChI is InChI=1S/C19H20N6O4S3/c1-25(2)32(28,29)17-6-3-5-15(13-17)23-19(30)22-14-7-9-16(10-8-14)31(26,27)24-18-20-11-4-12-21-18/h3-13H,1-2H3,(H,20,21,24)(H2,22,23,30). The Morgan fingerprint density at radius 3 is 2.09 bits per heavy atom. The van der Waals surface area contributed by atoms with Crippen molar-refractivity contribution >= 4 is 54.7 Å². The second kappa shape index (κ2) is 9.56. The molecule has 0 radical (unpaired) electrons. The maximum Gasteiger partial charge on any atom is 0.264 e. The van der Waals surface area contributed by atoms with Crippen LogP contribution in [0.3, 0.4) is 0 Å². The van der Waals surface area contributed by atoms with Crippen LogP contribution in [0.4, 0.5) is 17.3 Å². The van der Waals surface area contributed by atoms with Crippen LogP contribution in [0.15, 0.2) is 76.8 Å². The lowest BCUT2D eigenvalue weighted by Gasteiger charge is -2.14. The zero-order valence-electron chi connectivity index (χ0n) is 17.1. The smallest absolute Gasteiger partial charge is 0.264 e. The summed E-state index contributed by atoms with van der Waals surface area (Å²) < 4.78 is 52.8. The van der Waals surface area contributed by atoms with Crippen LogP contribution in [0, 0.1) is 0 Å². The van der Waals surface area contributed by atoms with Crippen molar-refractivity contribution in [2.45, 2.75) is 9.79 Å². The number of nitrogens with one attached hydrogen (secondary N) is 3. The van der Waals surface area contributed by atoms with E-state index in [2.05, 4.69) is 25.3 Å². The molecule has 0 aliphatic heterocycles. The van der Waals surface area contributed by atoms with Crippen molar-refractivity contribution in [3.8, 4) is 0 Å². The fourth-order valence-corrected chi connectivity index (χ4v) is 4.63. The van der Waals surface area contributed by atoms with Gasteiger partial charge in [0.25, 0.3) is 10.0 Å². The number of nitrogens with zero attached hydrogens (tertiary/aromatic N) is 3. The van der Waals surface area contributed by atoms with Gasteiger partial charge in [0.05, 0.1) is 9.79 Å². The molecule has 3 rings (SSSR count). The maximum atomic E-state index is 12.4. The summed E-state index contributed by atoms with van der Waals surface area (Å²) in [7, 11) is -4.52. The molecule has 0 aliphatic rings. The van der Waals surface area contributed by atoms with E-state index in [1.165, 1.54) is 50.8 Å². The Morgan fingerprint density at radius 2 is 1.47 bits per heavy atom. The number of thiocarbonyl (C=S) groups is 1. The van der Waals surface area contributed by atoms with Crippen molar-refractivity contribution in [2.75, 3.05) is 29.5 Å². The van der Waals surface area contributed by atoms with Gasteiger partial charge in [0.2, 0.25) is 16.0 Å². The lowest BCUT2D eigenvalue weighted by atomic mass is 10.3. The van der Waals surface area contributed by atoms with Crippen LogP contribution in [-0.2, 0) is 20.0 Å². The largest absolute Gasteiger partial charge is 0.332 e. The third kappa shape index (κ3) is 5.76. The molecule has 0 bridgehead atoms. The first-order chi connectivity index (χ1) is 15.1. The molecule has 1 heterocycles. The van der Waals surface area contributed by atoms with Crippen molar-refractivity contribution in [2.24, 2.45) is 0 Å². The highest BCUT2D eigenvalue weighted by Crippen LogP contribution is 2.19. The topological polar surface area (TPSA) is 133 Å². The van der Waals surface area contributed by atoms with E-state index in [0.717, 1.165) is 4.31 Å². The molecule has 168 valence electrons. The van der Waals surface area contributed by atoms with Crippen molar-refractivity contribution in [1.29, 1.82) is 0 Å². The number of sulfonamides is 2.